The number of thiophene rings is 3. The van der Waals surface area contributed by atoms with Crippen molar-refractivity contribution in [2.75, 3.05) is 21.1 Å². The summed E-state index contributed by atoms with van der Waals surface area (Å²) in [7, 11) is 4.34. The van der Waals surface area contributed by atoms with Crippen LogP contribution in [0.2, 0.25) is 0 Å². The van der Waals surface area contributed by atoms with Gasteiger partial charge in [-0.05, 0) is 52.1 Å². The van der Waals surface area contributed by atoms with Gasteiger partial charge in [-0.1, -0.05) is 59.7 Å². The Balaban J connectivity index is 1.86. The number of esters is 3. The van der Waals surface area contributed by atoms with E-state index in [-0.39, 0.29) is 19.3 Å². The molecule has 0 saturated carbocycles. The van der Waals surface area contributed by atoms with Gasteiger partial charge in [0.2, 0.25) is 0 Å². The predicted molar refractivity (Wildman–Crippen MR) is 208 cm³/mol. The van der Waals surface area contributed by atoms with Crippen molar-refractivity contribution in [1.29, 1.82) is 0 Å². The highest BCUT2D eigenvalue weighted by atomic mass is 32.1. The normalized spacial score (nSPS) is 24.6. The summed E-state index contributed by atoms with van der Waals surface area (Å²) >= 11 is 4.19. The molecule has 6 atom stereocenters. The molecule has 3 aromatic heterocycles. The molecule has 0 spiro atoms. The van der Waals surface area contributed by atoms with E-state index in [1.54, 1.807) is 41.5 Å². The number of rotatable bonds is 9. The lowest BCUT2D eigenvalue weighted by molar-refractivity contribution is -0.179. The van der Waals surface area contributed by atoms with Crippen LogP contribution in [0.25, 0.3) is 0 Å². The largest absolute Gasteiger partial charge is 0.450 e. The zero-order chi connectivity index (χ0) is 39.9. The molecule has 54 heavy (non-hydrogen) atoms. The van der Waals surface area contributed by atoms with Crippen molar-refractivity contribution in [2.24, 2.45) is 17.8 Å². The molecule has 3 aromatic rings. The summed E-state index contributed by atoms with van der Waals surface area (Å²) in [6, 6.07) is 7.37. The second kappa shape index (κ2) is 19.0. The molecule has 0 aliphatic carbocycles. The zero-order valence-electron chi connectivity index (χ0n) is 32.3. The Kier molecular flexibility index (Phi) is 15.0. The SMILES string of the molecule is CC(C)[C@H]1OC(=O)[C@H](Cc2cccs2)N([14CH3])C(=O)[C@@H](C(C)C)OC(=O)[C@H](Cc2cccs2)N([14CH3])C(=O)[C@@H](C(C)C)OC(=O)[C@H](Cc2cccs2)N([14CH3])C1=O. The number of likely N-dealkylation sites (N-methyl/N-ethyl adjacent to an activating group) is 3. The fourth-order valence-corrected chi connectivity index (χ4v) is 8.31. The molecule has 15 heteroatoms. The Bertz CT molecular complexity index is 1520. The van der Waals surface area contributed by atoms with Crippen LogP contribution in [0.3, 0.4) is 0 Å². The summed E-state index contributed by atoms with van der Waals surface area (Å²) < 4.78 is 18.0. The fraction of sp³-hybridized carbons (Fsp3) is 0.538. The lowest BCUT2D eigenvalue weighted by atomic mass is 10.0. The molecule has 1 aliphatic heterocycles. The first-order chi connectivity index (χ1) is 25.5. The first-order valence-electron chi connectivity index (χ1n) is 18.0. The number of hydrogen-bond acceptors (Lipinski definition) is 12. The number of cyclic esters (lactones) is 3. The zero-order valence-corrected chi connectivity index (χ0v) is 34.7. The molecule has 1 fully saturated rings. The van der Waals surface area contributed by atoms with E-state index in [0.717, 1.165) is 14.6 Å². The van der Waals surface area contributed by atoms with Crippen molar-refractivity contribution in [1.82, 2.24) is 14.7 Å². The van der Waals surface area contributed by atoms with Crippen LogP contribution in [0.5, 0.6) is 0 Å². The fourth-order valence-electron chi connectivity index (χ4n) is 6.08. The molecule has 1 saturated heterocycles. The van der Waals surface area contributed by atoms with Crippen molar-refractivity contribution in [3.05, 3.63) is 67.2 Å². The maximum atomic E-state index is 14.3. The van der Waals surface area contributed by atoms with Crippen molar-refractivity contribution in [3.63, 3.8) is 0 Å². The van der Waals surface area contributed by atoms with Crippen molar-refractivity contribution >= 4 is 69.6 Å². The number of carbonyl (C=O) groups excluding carboxylic acids is 6. The number of carbonyl (C=O) groups is 6. The van der Waals surface area contributed by atoms with Crippen LogP contribution in [0, 0.1) is 17.8 Å². The van der Waals surface area contributed by atoms with E-state index in [0.29, 0.717) is 0 Å². The maximum Gasteiger partial charge on any atom is 0.330 e. The second-order valence-electron chi connectivity index (χ2n) is 14.5. The lowest BCUT2D eigenvalue weighted by Gasteiger charge is -2.36. The van der Waals surface area contributed by atoms with Crippen LogP contribution in [0.4, 0.5) is 0 Å². The van der Waals surface area contributed by atoms with Gasteiger partial charge in [-0.25, -0.2) is 14.4 Å². The van der Waals surface area contributed by atoms with Gasteiger partial charge in [0.15, 0.2) is 18.3 Å². The average Bonchev–Trinajstić information content (AvgIpc) is 3.94. The summed E-state index contributed by atoms with van der Waals surface area (Å²) in [6.45, 7) is 10.3. The average molecular weight is 808 g/mol. The molecule has 4 rings (SSSR count). The first-order valence-corrected chi connectivity index (χ1v) is 20.6. The third-order valence-electron chi connectivity index (χ3n) is 9.46. The molecule has 0 radical (unpaired) electrons. The molecule has 294 valence electrons. The minimum absolute atomic E-state index is 0.0779. The Morgan fingerprint density at radius 2 is 0.741 bits per heavy atom. The van der Waals surface area contributed by atoms with Crippen molar-refractivity contribution < 1.29 is 43.0 Å². The molecule has 3 amide bonds. The summed E-state index contributed by atoms with van der Waals surface area (Å²) in [5.41, 5.74) is 0. The van der Waals surface area contributed by atoms with Gasteiger partial charge in [0, 0.05) is 55.0 Å². The van der Waals surface area contributed by atoms with Gasteiger partial charge in [-0.3, -0.25) is 14.4 Å². The predicted octanol–water partition coefficient (Wildman–Crippen LogP) is 5.10. The molecule has 1 aliphatic rings. The Morgan fingerprint density at radius 1 is 0.500 bits per heavy atom. The van der Waals surface area contributed by atoms with E-state index in [1.807, 2.05) is 52.5 Å². The molecule has 0 bridgehead atoms. The highest BCUT2D eigenvalue weighted by Crippen LogP contribution is 2.25. The lowest BCUT2D eigenvalue weighted by Crippen LogP contribution is -2.56. The van der Waals surface area contributed by atoms with E-state index < -0.39 is 89.8 Å². The molecule has 0 N–H and O–H groups in total. The molecule has 4 heterocycles. The molecular weight excluding hydrogens is 757 g/mol. The van der Waals surface area contributed by atoms with E-state index >= 15 is 0 Å². The monoisotopic (exact) mass is 807 g/mol. The topological polar surface area (TPSA) is 140 Å². The van der Waals surface area contributed by atoms with Gasteiger partial charge in [-0.2, -0.15) is 0 Å². The molecule has 0 unspecified atom stereocenters. The number of ether oxygens (including phenoxy) is 3. The Hall–Kier alpha value is -4.08. The number of nitrogens with zero attached hydrogens (tertiary/aromatic N) is 3. The Labute approximate surface area is 329 Å². The second-order valence-corrected chi connectivity index (χ2v) is 17.6. The van der Waals surface area contributed by atoms with Crippen LogP contribution in [-0.2, 0) is 62.2 Å². The van der Waals surface area contributed by atoms with E-state index in [1.165, 1.54) is 69.9 Å². The van der Waals surface area contributed by atoms with Gasteiger partial charge in [0.1, 0.15) is 18.1 Å². The van der Waals surface area contributed by atoms with Crippen LogP contribution in [0.15, 0.2) is 52.5 Å². The first kappa shape index (κ1) is 42.7. The number of hydrogen-bond donors (Lipinski definition) is 0. The smallest absolute Gasteiger partial charge is 0.330 e. The van der Waals surface area contributed by atoms with E-state index in [9.17, 15) is 28.8 Å². The van der Waals surface area contributed by atoms with Crippen LogP contribution < -0.4 is 0 Å². The van der Waals surface area contributed by atoms with Gasteiger partial charge in [0.25, 0.3) is 17.7 Å². The third-order valence-corrected chi connectivity index (χ3v) is 12.2. The molecule has 0 aromatic carbocycles. The highest BCUT2D eigenvalue weighted by Gasteiger charge is 2.44. The molecular formula is C39H51N3O9S3. The van der Waals surface area contributed by atoms with E-state index in [4.69, 9.17) is 14.2 Å². The standard InChI is InChI=1S/C39H51N3O9S3/c1-22(2)31-34(43)40(7)29(20-26-14-11-17-53-26)38(47)50-33(24(5)6)36(45)42(9)30(21-27-15-12-18-54-27)39(48)51-32(23(3)4)35(44)41(8)28(37(46)49-31)19-25-13-10-16-52-25/h10-18,22-24,28-33H,19-21H2,1-9H3/t28-,29-,30-,31+,32+,33+/m0/s1/i7+2,8+2,9+2. The van der Waals surface area contributed by atoms with Crippen LogP contribution >= 0.6 is 34.0 Å². The minimum atomic E-state index is -1.33. The van der Waals surface area contributed by atoms with E-state index in [2.05, 4.69) is 0 Å². The van der Waals surface area contributed by atoms with Gasteiger partial charge < -0.3 is 28.9 Å². The van der Waals surface area contributed by atoms with Crippen molar-refractivity contribution in [3.8, 4) is 0 Å². The third kappa shape index (κ3) is 10.4. The summed E-state index contributed by atoms with van der Waals surface area (Å²) in [5.74, 6) is -5.99. The summed E-state index contributed by atoms with van der Waals surface area (Å²) in [6.07, 6.45) is -3.77. The number of amides is 3. The quantitative estimate of drug-likeness (QED) is 0.214. The van der Waals surface area contributed by atoms with Crippen LogP contribution in [-0.4, -0.2) is 108 Å². The highest BCUT2D eigenvalue weighted by molar-refractivity contribution is 7.10. The van der Waals surface area contributed by atoms with Gasteiger partial charge >= 0.3 is 17.9 Å². The van der Waals surface area contributed by atoms with Crippen molar-refractivity contribution in [2.45, 2.75) is 97.2 Å². The summed E-state index contributed by atoms with van der Waals surface area (Å²) in [4.78, 5) is 91.6. The van der Waals surface area contributed by atoms with Crippen LogP contribution in [0.1, 0.15) is 56.2 Å². The summed E-state index contributed by atoms with van der Waals surface area (Å²) in [5, 5.41) is 5.54. The minimum Gasteiger partial charge on any atom is -0.450 e. The van der Waals surface area contributed by atoms with Gasteiger partial charge in [0.05, 0.1) is 0 Å². The molecule has 12 nitrogen and oxygen atoms in total. The maximum absolute atomic E-state index is 14.3. The van der Waals surface area contributed by atoms with Gasteiger partial charge in [-0.15, -0.1) is 34.0 Å². The Morgan fingerprint density at radius 3 is 0.926 bits per heavy atom.